The van der Waals surface area contributed by atoms with Gasteiger partial charge in [-0.2, -0.15) is 4.98 Å². The number of hydrogen-bond acceptors (Lipinski definition) is 4. The summed E-state index contributed by atoms with van der Waals surface area (Å²) in [5, 5.41) is 3.90. The summed E-state index contributed by atoms with van der Waals surface area (Å²) in [6.45, 7) is 4.13. The third-order valence-electron chi connectivity index (χ3n) is 2.68. The van der Waals surface area contributed by atoms with E-state index in [0.29, 0.717) is 11.8 Å². The van der Waals surface area contributed by atoms with E-state index >= 15 is 0 Å². The van der Waals surface area contributed by atoms with Gasteiger partial charge in [-0.15, -0.1) is 0 Å². The summed E-state index contributed by atoms with van der Waals surface area (Å²) in [7, 11) is 1.80. The molecule has 4 nitrogen and oxygen atoms in total. The quantitative estimate of drug-likeness (QED) is 0.879. The highest BCUT2D eigenvalue weighted by atomic mass is 16.5. The molecule has 0 amide bonds. The molecule has 0 saturated heterocycles. The maximum Gasteiger partial charge on any atom is 0.226 e. The minimum Gasteiger partial charge on any atom is -0.474 e. The predicted molar refractivity (Wildman–Crippen MR) is 69.5 cm³/mol. The van der Waals surface area contributed by atoms with Crippen molar-refractivity contribution in [1.29, 1.82) is 0 Å². The lowest BCUT2D eigenvalue weighted by atomic mass is 10.2. The van der Waals surface area contributed by atoms with Crippen LogP contribution in [0.25, 0.3) is 10.9 Å². The predicted octanol–water partition coefficient (Wildman–Crippen LogP) is 2.85. The topological polar surface area (TPSA) is 47.0 Å². The maximum atomic E-state index is 5.83. The largest absolute Gasteiger partial charge is 0.474 e. The van der Waals surface area contributed by atoms with Gasteiger partial charge in [0.1, 0.15) is 0 Å². The molecule has 0 aliphatic carbocycles. The van der Waals surface area contributed by atoms with E-state index in [0.717, 1.165) is 17.3 Å². The van der Waals surface area contributed by atoms with Gasteiger partial charge in [0.25, 0.3) is 0 Å². The Balaban J connectivity index is 2.50. The molecular weight excluding hydrogens is 214 g/mol. The van der Waals surface area contributed by atoms with Gasteiger partial charge in [0, 0.05) is 7.05 Å². The van der Waals surface area contributed by atoms with E-state index in [4.69, 9.17) is 4.74 Å². The van der Waals surface area contributed by atoms with Crippen LogP contribution in [-0.4, -0.2) is 23.1 Å². The van der Waals surface area contributed by atoms with Crippen LogP contribution in [0.2, 0.25) is 0 Å². The van der Waals surface area contributed by atoms with Crippen molar-refractivity contribution in [2.75, 3.05) is 12.4 Å². The first-order valence-corrected chi connectivity index (χ1v) is 5.85. The molecule has 90 valence electrons. The number of nitrogens with one attached hydrogen (secondary N) is 1. The molecule has 0 fully saturated rings. The second kappa shape index (κ2) is 4.99. The Kier molecular flexibility index (Phi) is 3.42. The van der Waals surface area contributed by atoms with Crippen molar-refractivity contribution in [1.82, 2.24) is 9.97 Å². The molecule has 0 aliphatic rings. The first kappa shape index (κ1) is 11.6. The van der Waals surface area contributed by atoms with E-state index in [1.54, 1.807) is 7.05 Å². The van der Waals surface area contributed by atoms with Crippen molar-refractivity contribution in [2.45, 2.75) is 26.4 Å². The van der Waals surface area contributed by atoms with Gasteiger partial charge in [0.05, 0.1) is 17.0 Å². The zero-order valence-corrected chi connectivity index (χ0v) is 10.4. The Morgan fingerprint density at radius 3 is 2.76 bits per heavy atom. The fourth-order valence-corrected chi connectivity index (χ4v) is 1.52. The number of rotatable bonds is 4. The van der Waals surface area contributed by atoms with Gasteiger partial charge in [-0.1, -0.05) is 19.1 Å². The van der Waals surface area contributed by atoms with Crippen molar-refractivity contribution in [2.24, 2.45) is 0 Å². The van der Waals surface area contributed by atoms with Gasteiger partial charge in [-0.25, -0.2) is 4.98 Å². The van der Waals surface area contributed by atoms with Crippen molar-refractivity contribution in [3.63, 3.8) is 0 Å². The number of fused-ring (bicyclic) bond motifs is 1. The second-order valence-electron chi connectivity index (χ2n) is 3.96. The van der Waals surface area contributed by atoms with E-state index in [-0.39, 0.29) is 6.10 Å². The van der Waals surface area contributed by atoms with E-state index in [1.165, 1.54) is 0 Å². The highest BCUT2D eigenvalue weighted by Crippen LogP contribution is 2.24. The molecule has 1 unspecified atom stereocenters. The first-order chi connectivity index (χ1) is 8.24. The summed E-state index contributed by atoms with van der Waals surface area (Å²) < 4.78 is 5.83. The van der Waals surface area contributed by atoms with E-state index in [9.17, 15) is 0 Å². The molecule has 4 heteroatoms. The van der Waals surface area contributed by atoms with Crippen molar-refractivity contribution in [3.8, 4) is 5.88 Å². The highest BCUT2D eigenvalue weighted by molar-refractivity contribution is 5.84. The lowest BCUT2D eigenvalue weighted by Gasteiger charge is -2.14. The lowest BCUT2D eigenvalue weighted by Crippen LogP contribution is -2.12. The standard InChI is InChI=1S/C13H17N3O/c1-4-9(2)17-12-10-7-5-6-8-11(10)15-13(14-3)16-12/h5-9H,4H2,1-3H3,(H,14,15,16). The van der Waals surface area contributed by atoms with Crippen LogP contribution in [0.3, 0.4) is 0 Å². The van der Waals surface area contributed by atoms with Crippen molar-refractivity contribution < 1.29 is 4.74 Å². The van der Waals surface area contributed by atoms with Crippen LogP contribution in [0, 0.1) is 0 Å². The van der Waals surface area contributed by atoms with E-state index < -0.39 is 0 Å². The molecule has 0 aliphatic heterocycles. The molecule has 1 atom stereocenters. The summed E-state index contributed by atoms with van der Waals surface area (Å²) in [4.78, 5) is 8.75. The summed E-state index contributed by atoms with van der Waals surface area (Å²) in [5.41, 5.74) is 0.894. The smallest absolute Gasteiger partial charge is 0.226 e. The molecule has 0 radical (unpaired) electrons. The first-order valence-electron chi connectivity index (χ1n) is 5.85. The monoisotopic (exact) mass is 231 g/mol. The van der Waals surface area contributed by atoms with Crippen LogP contribution in [0.1, 0.15) is 20.3 Å². The molecule has 0 saturated carbocycles. The number of ether oxygens (including phenoxy) is 1. The van der Waals surface area contributed by atoms with E-state index in [2.05, 4.69) is 22.2 Å². The molecule has 1 aromatic carbocycles. The van der Waals surface area contributed by atoms with Gasteiger partial charge in [0.2, 0.25) is 11.8 Å². The number of aromatic nitrogens is 2. The van der Waals surface area contributed by atoms with Crippen molar-refractivity contribution >= 4 is 16.9 Å². The van der Waals surface area contributed by atoms with E-state index in [1.807, 2.05) is 31.2 Å². The average Bonchev–Trinajstić information content (AvgIpc) is 2.38. The molecule has 1 N–H and O–H groups in total. The zero-order chi connectivity index (χ0) is 12.3. The van der Waals surface area contributed by atoms with Gasteiger partial charge in [-0.3, -0.25) is 0 Å². The minimum atomic E-state index is 0.151. The molecule has 0 spiro atoms. The Hall–Kier alpha value is -1.84. The third-order valence-corrected chi connectivity index (χ3v) is 2.68. The maximum absolute atomic E-state index is 5.83. The summed E-state index contributed by atoms with van der Waals surface area (Å²) in [6, 6.07) is 7.86. The average molecular weight is 231 g/mol. The second-order valence-corrected chi connectivity index (χ2v) is 3.96. The summed E-state index contributed by atoms with van der Waals surface area (Å²) in [5.74, 6) is 1.23. The Labute approximate surface area is 101 Å². The molecule has 2 aromatic rings. The van der Waals surface area contributed by atoms with Gasteiger partial charge in [-0.05, 0) is 25.5 Å². The molecule has 1 heterocycles. The van der Waals surface area contributed by atoms with Crippen LogP contribution in [0.5, 0.6) is 5.88 Å². The summed E-state index contributed by atoms with van der Waals surface area (Å²) in [6.07, 6.45) is 1.10. The number of nitrogens with zero attached hydrogens (tertiary/aromatic N) is 2. The number of hydrogen-bond donors (Lipinski definition) is 1. The molecular formula is C13H17N3O. The third kappa shape index (κ3) is 2.46. The Bertz CT molecular complexity index is 513. The van der Waals surface area contributed by atoms with Gasteiger partial charge >= 0.3 is 0 Å². The van der Waals surface area contributed by atoms with Crippen molar-refractivity contribution in [3.05, 3.63) is 24.3 Å². The fourth-order valence-electron chi connectivity index (χ4n) is 1.52. The molecule has 2 rings (SSSR count). The minimum absolute atomic E-state index is 0.151. The van der Waals surface area contributed by atoms with Crippen LogP contribution in [-0.2, 0) is 0 Å². The summed E-state index contributed by atoms with van der Waals surface area (Å²) >= 11 is 0. The van der Waals surface area contributed by atoms with Crippen LogP contribution >= 0.6 is 0 Å². The highest BCUT2D eigenvalue weighted by Gasteiger charge is 2.10. The molecule has 1 aromatic heterocycles. The van der Waals surface area contributed by atoms with Crippen LogP contribution < -0.4 is 10.1 Å². The lowest BCUT2D eigenvalue weighted by molar-refractivity contribution is 0.212. The van der Waals surface area contributed by atoms with Crippen LogP contribution in [0.15, 0.2) is 24.3 Å². The Morgan fingerprint density at radius 1 is 1.29 bits per heavy atom. The number of benzene rings is 1. The van der Waals surface area contributed by atoms with Crippen LogP contribution in [0.4, 0.5) is 5.95 Å². The zero-order valence-electron chi connectivity index (χ0n) is 10.4. The fraction of sp³-hybridized carbons (Fsp3) is 0.385. The molecule has 0 bridgehead atoms. The number of para-hydroxylation sites is 1. The molecule has 17 heavy (non-hydrogen) atoms. The van der Waals surface area contributed by atoms with Gasteiger partial charge < -0.3 is 10.1 Å². The van der Waals surface area contributed by atoms with Gasteiger partial charge in [0.15, 0.2) is 0 Å². The number of anilines is 1. The Morgan fingerprint density at radius 2 is 2.06 bits per heavy atom. The SMILES string of the molecule is CCC(C)Oc1nc(NC)nc2ccccc12. The normalized spacial score (nSPS) is 12.4.